The number of benzene rings is 9. The lowest BCUT2D eigenvalue weighted by Crippen LogP contribution is -2.11. The molecule has 0 amide bonds. The highest BCUT2D eigenvalue weighted by molar-refractivity contribution is 6.15. The summed E-state index contributed by atoms with van der Waals surface area (Å²) in [6, 6.07) is 66.2. The first-order valence-corrected chi connectivity index (χ1v) is 18.9. The normalized spacial score (nSPS) is 11.9. The van der Waals surface area contributed by atoms with Gasteiger partial charge in [-0.3, -0.25) is 0 Å². The molecular weight excluding hydrogens is 687 g/mol. The van der Waals surface area contributed by atoms with Crippen molar-refractivity contribution in [2.24, 2.45) is 0 Å². The average molecular weight is 718 g/mol. The number of hydrogen-bond acceptors (Lipinski definition) is 4. The van der Waals surface area contributed by atoms with Crippen molar-refractivity contribution in [2.45, 2.75) is 0 Å². The minimum Gasteiger partial charge on any atom is -0.456 e. The SMILES string of the molecule is c1ccc(N(c2ccc(-c3ccc4c(c3)oc3ccccc34)cc2)c2cccc3oc4ccccc4c23)c(-c2ccc3oc4cc5ccccc5cc4c3c2)c1. The van der Waals surface area contributed by atoms with Gasteiger partial charge in [-0.05, 0) is 106 Å². The zero-order valence-corrected chi connectivity index (χ0v) is 30.1. The molecule has 0 saturated heterocycles. The number of rotatable bonds is 5. The second-order valence-electron chi connectivity index (χ2n) is 14.5. The summed E-state index contributed by atoms with van der Waals surface area (Å²) in [5, 5.41) is 8.98. The van der Waals surface area contributed by atoms with Crippen LogP contribution in [-0.4, -0.2) is 0 Å². The summed E-state index contributed by atoms with van der Waals surface area (Å²) in [6.07, 6.45) is 0. The van der Waals surface area contributed by atoms with Crippen molar-refractivity contribution in [2.75, 3.05) is 4.90 Å². The Morgan fingerprint density at radius 2 is 0.875 bits per heavy atom. The lowest BCUT2D eigenvalue weighted by molar-refractivity contribution is 0.668. The first-order valence-electron chi connectivity index (χ1n) is 18.9. The van der Waals surface area contributed by atoms with Gasteiger partial charge in [0, 0.05) is 38.2 Å². The van der Waals surface area contributed by atoms with E-state index in [0.717, 1.165) is 105 Å². The third kappa shape index (κ3) is 4.73. The van der Waals surface area contributed by atoms with E-state index >= 15 is 0 Å². The molecule has 0 saturated carbocycles. The van der Waals surface area contributed by atoms with Crippen molar-refractivity contribution in [1.29, 1.82) is 0 Å². The van der Waals surface area contributed by atoms with E-state index < -0.39 is 0 Å². The van der Waals surface area contributed by atoms with Gasteiger partial charge in [-0.15, -0.1) is 0 Å². The second kappa shape index (κ2) is 12.0. The Morgan fingerprint density at radius 3 is 1.73 bits per heavy atom. The fourth-order valence-corrected chi connectivity index (χ4v) is 8.60. The molecule has 0 aliphatic carbocycles. The molecule has 0 bridgehead atoms. The monoisotopic (exact) mass is 717 g/mol. The van der Waals surface area contributed by atoms with Crippen molar-refractivity contribution < 1.29 is 13.3 Å². The Labute approximate surface area is 321 Å². The van der Waals surface area contributed by atoms with Gasteiger partial charge in [0.15, 0.2) is 0 Å². The van der Waals surface area contributed by atoms with Crippen molar-refractivity contribution in [3.8, 4) is 22.3 Å². The smallest absolute Gasteiger partial charge is 0.137 e. The molecule has 0 atom stereocenters. The van der Waals surface area contributed by atoms with Crippen molar-refractivity contribution in [3.63, 3.8) is 0 Å². The minimum absolute atomic E-state index is 0.848. The van der Waals surface area contributed by atoms with Crippen LogP contribution in [0.5, 0.6) is 0 Å². The zero-order valence-electron chi connectivity index (χ0n) is 30.1. The van der Waals surface area contributed by atoms with Crippen LogP contribution in [0.15, 0.2) is 201 Å². The predicted octanol–water partition coefficient (Wildman–Crippen LogP) is 15.3. The molecule has 0 spiro atoms. The minimum atomic E-state index is 0.848. The predicted molar refractivity (Wildman–Crippen MR) is 231 cm³/mol. The van der Waals surface area contributed by atoms with Crippen LogP contribution >= 0.6 is 0 Å². The molecule has 3 aromatic heterocycles. The van der Waals surface area contributed by atoms with Crippen LogP contribution in [0.1, 0.15) is 0 Å². The molecule has 12 rings (SSSR count). The van der Waals surface area contributed by atoms with Crippen LogP contribution in [0, 0.1) is 0 Å². The molecule has 4 nitrogen and oxygen atoms in total. The molecule has 0 aliphatic rings. The van der Waals surface area contributed by atoms with Gasteiger partial charge in [0.2, 0.25) is 0 Å². The standard InChI is InChI=1S/C52H31NO3/c1-2-11-34-30-51-43(28-33(34)10-1)42-29-36(23-27-48(42)56-51)38-12-3-6-15-44(38)53(45-16-9-19-49-52(45)41-14-5-8-18-47(41)54-49)37-24-20-32(21-25-37)35-22-26-40-39-13-4-7-17-46(39)55-50(40)31-35/h1-31H. The molecule has 56 heavy (non-hydrogen) atoms. The maximum Gasteiger partial charge on any atom is 0.137 e. The number of para-hydroxylation sites is 3. The fourth-order valence-electron chi connectivity index (χ4n) is 8.60. The summed E-state index contributed by atoms with van der Waals surface area (Å²) < 4.78 is 19.1. The van der Waals surface area contributed by atoms with E-state index in [1.165, 1.54) is 10.8 Å². The van der Waals surface area contributed by atoms with Gasteiger partial charge in [0.1, 0.15) is 33.5 Å². The Bertz CT molecular complexity index is 3490. The first-order chi connectivity index (χ1) is 27.7. The largest absolute Gasteiger partial charge is 0.456 e. The van der Waals surface area contributed by atoms with Crippen LogP contribution in [0.4, 0.5) is 17.1 Å². The molecular formula is C52H31NO3. The summed E-state index contributed by atoms with van der Waals surface area (Å²) >= 11 is 0. The molecule has 3 heterocycles. The summed E-state index contributed by atoms with van der Waals surface area (Å²) in [4.78, 5) is 2.37. The Hall–Kier alpha value is -7.56. The lowest BCUT2D eigenvalue weighted by atomic mass is 9.98. The van der Waals surface area contributed by atoms with Crippen LogP contribution in [0.25, 0.3) is 98.8 Å². The third-order valence-electron chi connectivity index (χ3n) is 11.3. The summed E-state index contributed by atoms with van der Waals surface area (Å²) in [5.41, 5.74) is 12.8. The molecule has 9 aromatic carbocycles. The van der Waals surface area contributed by atoms with Gasteiger partial charge in [0.25, 0.3) is 0 Å². The van der Waals surface area contributed by atoms with Gasteiger partial charge in [-0.1, -0.05) is 109 Å². The van der Waals surface area contributed by atoms with Crippen molar-refractivity contribution in [1.82, 2.24) is 0 Å². The molecule has 4 heteroatoms. The molecule has 262 valence electrons. The molecule has 0 unspecified atom stereocenters. The fraction of sp³-hybridized carbons (Fsp3) is 0. The molecule has 0 radical (unpaired) electrons. The number of nitrogens with zero attached hydrogens (tertiary/aromatic N) is 1. The summed E-state index contributed by atoms with van der Waals surface area (Å²) in [7, 11) is 0. The zero-order chi connectivity index (χ0) is 36.7. The van der Waals surface area contributed by atoms with Gasteiger partial charge < -0.3 is 18.2 Å². The van der Waals surface area contributed by atoms with Crippen molar-refractivity contribution >= 4 is 93.7 Å². The maximum absolute atomic E-state index is 6.43. The number of furan rings is 3. The van der Waals surface area contributed by atoms with Crippen LogP contribution in [0.2, 0.25) is 0 Å². The highest BCUT2D eigenvalue weighted by Crippen LogP contribution is 2.47. The highest BCUT2D eigenvalue weighted by Gasteiger charge is 2.22. The first kappa shape index (κ1) is 30.9. The van der Waals surface area contributed by atoms with E-state index in [-0.39, 0.29) is 0 Å². The van der Waals surface area contributed by atoms with Crippen molar-refractivity contribution in [3.05, 3.63) is 188 Å². The Kier molecular flexibility index (Phi) is 6.60. The van der Waals surface area contributed by atoms with Gasteiger partial charge in [0.05, 0.1) is 16.8 Å². The molecule has 0 aliphatic heterocycles. The quantitative estimate of drug-likeness (QED) is 0.178. The summed E-state index contributed by atoms with van der Waals surface area (Å²) in [5.74, 6) is 0. The third-order valence-corrected chi connectivity index (χ3v) is 11.3. The number of fused-ring (bicyclic) bond motifs is 10. The Morgan fingerprint density at radius 1 is 0.304 bits per heavy atom. The van der Waals surface area contributed by atoms with E-state index in [1.54, 1.807) is 0 Å². The van der Waals surface area contributed by atoms with E-state index in [1.807, 2.05) is 24.3 Å². The van der Waals surface area contributed by atoms with Gasteiger partial charge >= 0.3 is 0 Å². The average Bonchev–Trinajstić information content (AvgIpc) is 3.94. The van der Waals surface area contributed by atoms with E-state index in [9.17, 15) is 0 Å². The maximum atomic E-state index is 6.43. The lowest BCUT2D eigenvalue weighted by Gasteiger charge is -2.28. The second-order valence-corrected chi connectivity index (χ2v) is 14.5. The molecule has 12 aromatic rings. The molecule has 0 fully saturated rings. The topological polar surface area (TPSA) is 42.7 Å². The highest BCUT2D eigenvalue weighted by atomic mass is 16.3. The van der Waals surface area contributed by atoms with E-state index in [2.05, 4.69) is 169 Å². The number of hydrogen-bond donors (Lipinski definition) is 0. The summed E-state index contributed by atoms with van der Waals surface area (Å²) in [6.45, 7) is 0. The number of anilines is 3. The Balaban J connectivity index is 1.04. The van der Waals surface area contributed by atoms with Gasteiger partial charge in [-0.25, -0.2) is 0 Å². The van der Waals surface area contributed by atoms with E-state index in [4.69, 9.17) is 13.3 Å². The molecule has 0 N–H and O–H groups in total. The van der Waals surface area contributed by atoms with Crippen LogP contribution in [0.3, 0.4) is 0 Å². The van der Waals surface area contributed by atoms with E-state index in [0.29, 0.717) is 0 Å². The van der Waals surface area contributed by atoms with Crippen LogP contribution < -0.4 is 4.90 Å². The van der Waals surface area contributed by atoms with Gasteiger partial charge in [-0.2, -0.15) is 0 Å². The van der Waals surface area contributed by atoms with Crippen LogP contribution in [-0.2, 0) is 0 Å².